The predicted molar refractivity (Wildman–Crippen MR) is 101 cm³/mol. The molecule has 0 aliphatic heterocycles. The van der Waals surface area contributed by atoms with Gasteiger partial charge >= 0.3 is 5.97 Å². The fourth-order valence-electron chi connectivity index (χ4n) is 3.45. The van der Waals surface area contributed by atoms with E-state index in [1.54, 1.807) is 0 Å². The summed E-state index contributed by atoms with van der Waals surface area (Å²) in [6.07, 6.45) is 2.75. The smallest absolute Gasteiger partial charge is 0.339 e. The number of benzene rings is 1. The second-order valence-electron chi connectivity index (χ2n) is 8.15. The number of fused-ring (bicyclic) bond motifs is 2. The van der Waals surface area contributed by atoms with Crippen molar-refractivity contribution in [1.29, 1.82) is 0 Å². The van der Waals surface area contributed by atoms with Crippen LogP contribution in [0.2, 0.25) is 0 Å². The van der Waals surface area contributed by atoms with Crippen molar-refractivity contribution in [3.05, 3.63) is 41.1 Å². The monoisotopic (exact) mass is 354 g/mol. The van der Waals surface area contributed by atoms with Gasteiger partial charge in [-0.05, 0) is 57.6 Å². The first-order chi connectivity index (χ1) is 12.2. The van der Waals surface area contributed by atoms with Gasteiger partial charge in [0.1, 0.15) is 0 Å². The first-order valence-electron chi connectivity index (χ1n) is 9.13. The number of pyridine rings is 1. The molecule has 1 N–H and O–H groups in total. The summed E-state index contributed by atoms with van der Waals surface area (Å²) in [7, 11) is 0. The van der Waals surface area contributed by atoms with Gasteiger partial charge in [0, 0.05) is 16.6 Å². The van der Waals surface area contributed by atoms with Crippen molar-refractivity contribution in [3.8, 4) is 0 Å². The Balaban J connectivity index is 1.91. The number of hydrogen-bond acceptors (Lipinski definition) is 4. The molecule has 0 spiro atoms. The molecule has 1 aromatic carbocycles. The highest BCUT2D eigenvalue weighted by atomic mass is 16.5. The van der Waals surface area contributed by atoms with Crippen molar-refractivity contribution >= 4 is 22.8 Å². The van der Waals surface area contributed by atoms with E-state index in [-0.39, 0.29) is 18.1 Å². The van der Waals surface area contributed by atoms with Gasteiger partial charge in [0.15, 0.2) is 6.61 Å². The Morgan fingerprint density at radius 3 is 2.73 bits per heavy atom. The largest absolute Gasteiger partial charge is 0.452 e. The van der Waals surface area contributed by atoms with Crippen molar-refractivity contribution in [2.45, 2.75) is 52.5 Å². The third-order valence-electron chi connectivity index (χ3n) is 4.56. The molecule has 1 aromatic heterocycles. The number of para-hydroxylation sites is 1. The molecule has 2 aromatic rings. The van der Waals surface area contributed by atoms with Crippen LogP contribution in [0.5, 0.6) is 0 Å². The number of nitrogens with one attached hydrogen (secondary N) is 1. The van der Waals surface area contributed by atoms with Crippen LogP contribution >= 0.6 is 0 Å². The number of rotatable bonds is 3. The predicted octanol–water partition coefficient (Wildman–Crippen LogP) is 3.43. The number of carbonyl (C=O) groups excluding carboxylic acids is 2. The standard InChI is InChI=1S/C21H26N2O3/c1-13-9-10-17-15(11-13)19(14-7-5-6-8-16(14)22-17)20(25)26-12-18(24)23-21(2,3)4/h5-8,13H,9-12H2,1-4H3,(H,23,24). The fraction of sp³-hybridized carbons (Fsp3) is 0.476. The highest BCUT2D eigenvalue weighted by Gasteiger charge is 2.26. The summed E-state index contributed by atoms with van der Waals surface area (Å²) in [5.74, 6) is -0.245. The van der Waals surface area contributed by atoms with Gasteiger partial charge in [0.05, 0.1) is 11.1 Å². The summed E-state index contributed by atoms with van der Waals surface area (Å²) in [4.78, 5) is 29.6. The van der Waals surface area contributed by atoms with Crippen LogP contribution in [0.1, 0.15) is 55.7 Å². The minimum atomic E-state index is -0.446. The maximum Gasteiger partial charge on any atom is 0.339 e. The highest BCUT2D eigenvalue weighted by Crippen LogP contribution is 2.31. The fourth-order valence-corrected chi connectivity index (χ4v) is 3.45. The zero-order valence-electron chi connectivity index (χ0n) is 15.9. The number of ether oxygens (including phenoxy) is 1. The Bertz CT molecular complexity index is 852. The topological polar surface area (TPSA) is 68.3 Å². The minimum Gasteiger partial charge on any atom is -0.452 e. The SMILES string of the molecule is CC1CCc2nc3ccccc3c(C(=O)OCC(=O)NC(C)(C)C)c2C1. The van der Waals surface area contributed by atoms with Crippen molar-refractivity contribution in [2.24, 2.45) is 5.92 Å². The Hall–Kier alpha value is -2.43. The van der Waals surface area contributed by atoms with Crippen LogP contribution in [-0.2, 0) is 22.4 Å². The number of esters is 1. The molecule has 1 aliphatic carbocycles. The molecule has 1 unspecified atom stereocenters. The van der Waals surface area contributed by atoms with Crippen LogP contribution in [0.4, 0.5) is 0 Å². The molecule has 0 saturated carbocycles. The second-order valence-corrected chi connectivity index (χ2v) is 8.15. The van der Waals surface area contributed by atoms with E-state index >= 15 is 0 Å². The van der Waals surface area contributed by atoms with Gasteiger partial charge in [-0.15, -0.1) is 0 Å². The van der Waals surface area contributed by atoms with E-state index in [0.29, 0.717) is 11.5 Å². The van der Waals surface area contributed by atoms with E-state index in [9.17, 15) is 9.59 Å². The third kappa shape index (κ3) is 4.03. The lowest BCUT2D eigenvalue weighted by Gasteiger charge is -2.24. The maximum atomic E-state index is 12.9. The molecular formula is C21H26N2O3. The summed E-state index contributed by atoms with van der Waals surface area (Å²) in [6, 6.07) is 7.62. The van der Waals surface area contributed by atoms with Gasteiger partial charge in [-0.3, -0.25) is 9.78 Å². The first kappa shape index (κ1) is 18.4. The lowest BCUT2D eigenvalue weighted by molar-refractivity contribution is -0.125. The van der Waals surface area contributed by atoms with E-state index in [2.05, 4.69) is 12.2 Å². The van der Waals surface area contributed by atoms with Crippen LogP contribution in [0.3, 0.4) is 0 Å². The summed E-state index contributed by atoms with van der Waals surface area (Å²) >= 11 is 0. The summed E-state index contributed by atoms with van der Waals surface area (Å²) in [6.45, 7) is 7.57. The van der Waals surface area contributed by atoms with E-state index in [1.807, 2.05) is 45.0 Å². The molecular weight excluding hydrogens is 328 g/mol. The molecule has 26 heavy (non-hydrogen) atoms. The molecule has 5 heteroatoms. The maximum absolute atomic E-state index is 12.9. The molecule has 5 nitrogen and oxygen atoms in total. The molecule has 1 aliphatic rings. The first-order valence-corrected chi connectivity index (χ1v) is 9.13. The van der Waals surface area contributed by atoms with Crippen molar-refractivity contribution in [3.63, 3.8) is 0 Å². The van der Waals surface area contributed by atoms with E-state index < -0.39 is 5.97 Å². The summed E-state index contributed by atoms with van der Waals surface area (Å²) in [5.41, 5.74) is 2.96. The third-order valence-corrected chi connectivity index (χ3v) is 4.56. The molecule has 138 valence electrons. The zero-order valence-corrected chi connectivity index (χ0v) is 15.9. The van der Waals surface area contributed by atoms with E-state index in [1.165, 1.54) is 0 Å². The number of aromatic nitrogens is 1. The lowest BCUT2D eigenvalue weighted by Crippen LogP contribution is -2.42. The number of nitrogens with zero attached hydrogens (tertiary/aromatic N) is 1. The van der Waals surface area contributed by atoms with Crippen molar-refractivity contribution < 1.29 is 14.3 Å². The quantitative estimate of drug-likeness (QED) is 0.858. The van der Waals surface area contributed by atoms with Gasteiger partial charge in [0.2, 0.25) is 0 Å². The molecule has 3 rings (SSSR count). The molecule has 0 saturated heterocycles. The minimum absolute atomic E-state index is 0.281. The van der Waals surface area contributed by atoms with Crippen LogP contribution in [0.25, 0.3) is 10.9 Å². The van der Waals surface area contributed by atoms with E-state index in [4.69, 9.17) is 9.72 Å². The highest BCUT2D eigenvalue weighted by molar-refractivity contribution is 6.05. The number of hydrogen-bond donors (Lipinski definition) is 1. The van der Waals surface area contributed by atoms with Crippen LogP contribution in [-0.4, -0.2) is 29.0 Å². The Morgan fingerprint density at radius 2 is 2.00 bits per heavy atom. The molecule has 0 radical (unpaired) electrons. The zero-order chi connectivity index (χ0) is 18.9. The lowest BCUT2D eigenvalue weighted by atomic mass is 9.84. The average Bonchev–Trinajstić information content (AvgIpc) is 2.56. The molecule has 1 amide bonds. The Morgan fingerprint density at radius 1 is 1.27 bits per heavy atom. The van der Waals surface area contributed by atoms with Crippen molar-refractivity contribution in [2.75, 3.05) is 6.61 Å². The normalized spacial score (nSPS) is 16.8. The average molecular weight is 354 g/mol. The molecule has 1 heterocycles. The van der Waals surface area contributed by atoms with Crippen LogP contribution in [0, 0.1) is 5.92 Å². The summed E-state index contributed by atoms with van der Waals surface area (Å²) < 4.78 is 5.37. The van der Waals surface area contributed by atoms with Gasteiger partial charge in [0.25, 0.3) is 5.91 Å². The number of amides is 1. The van der Waals surface area contributed by atoms with E-state index in [0.717, 1.165) is 41.4 Å². The van der Waals surface area contributed by atoms with Gasteiger partial charge in [-0.25, -0.2) is 4.79 Å². The Labute approximate surface area is 154 Å². The van der Waals surface area contributed by atoms with Gasteiger partial charge in [-0.1, -0.05) is 25.1 Å². The number of aryl methyl sites for hydroxylation is 1. The molecule has 0 fully saturated rings. The molecule has 1 atom stereocenters. The summed E-state index contributed by atoms with van der Waals surface area (Å²) in [5, 5.41) is 3.60. The van der Waals surface area contributed by atoms with Gasteiger partial charge in [-0.2, -0.15) is 0 Å². The van der Waals surface area contributed by atoms with Gasteiger partial charge < -0.3 is 10.1 Å². The molecule has 0 bridgehead atoms. The Kier molecular flexibility index (Phi) is 4.99. The van der Waals surface area contributed by atoms with Crippen LogP contribution in [0.15, 0.2) is 24.3 Å². The second kappa shape index (κ2) is 7.06. The van der Waals surface area contributed by atoms with Crippen LogP contribution < -0.4 is 5.32 Å². The van der Waals surface area contributed by atoms with Crippen molar-refractivity contribution in [1.82, 2.24) is 10.3 Å². The number of carbonyl (C=O) groups is 2.